The number of hydrogen-bond acceptors (Lipinski definition) is 0. The summed E-state index contributed by atoms with van der Waals surface area (Å²) in [6.07, 6.45) is 19.1. The standard InChI is InChI=1S/C49H40N2/c1-3-16-42-44-27-15-26-41(49(44)51(46(42)4-2)40-24-14-22-37(32-40)35-19-9-6-10-20-35)38-29-30-48-45(33-38)43-25-11-12-28-47(43)50(48)39-23-13-21-36(31-39)34-17-7-5-8-18-34/h3-12,14-20,22-32,38H,2,13,21,33H2,1H3. The van der Waals surface area contributed by atoms with E-state index in [0.29, 0.717) is 0 Å². The fourth-order valence-corrected chi connectivity index (χ4v) is 8.40. The van der Waals surface area contributed by atoms with Crippen molar-refractivity contribution in [2.45, 2.75) is 32.1 Å². The fraction of sp³-hybridized carbons (Fsp3) is 0.102. The Hall–Kier alpha value is -6.12. The summed E-state index contributed by atoms with van der Waals surface area (Å²) in [4.78, 5) is 0. The van der Waals surface area contributed by atoms with Crippen molar-refractivity contribution in [1.82, 2.24) is 9.13 Å². The third-order valence-corrected chi connectivity index (χ3v) is 10.7. The molecule has 2 heterocycles. The predicted molar refractivity (Wildman–Crippen MR) is 219 cm³/mol. The van der Waals surface area contributed by atoms with Gasteiger partial charge in [0.05, 0.1) is 16.7 Å². The smallest absolute Gasteiger partial charge is 0.0579 e. The van der Waals surface area contributed by atoms with E-state index in [-0.39, 0.29) is 5.92 Å². The first-order valence-electron chi connectivity index (χ1n) is 18.1. The molecule has 0 radical (unpaired) electrons. The Morgan fingerprint density at radius 2 is 1.45 bits per heavy atom. The van der Waals surface area contributed by atoms with Crippen LogP contribution in [0.3, 0.4) is 0 Å². The summed E-state index contributed by atoms with van der Waals surface area (Å²) >= 11 is 0. The lowest BCUT2D eigenvalue weighted by Crippen LogP contribution is -2.10. The van der Waals surface area contributed by atoms with Gasteiger partial charge in [-0.25, -0.2) is 0 Å². The molecule has 1 atom stereocenters. The molecule has 9 rings (SSSR count). The molecule has 51 heavy (non-hydrogen) atoms. The summed E-state index contributed by atoms with van der Waals surface area (Å²) in [5.74, 6) is 0.207. The highest BCUT2D eigenvalue weighted by Gasteiger charge is 2.27. The van der Waals surface area contributed by atoms with Crippen LogP contribution < -0.4 is 0 Å². The van der Waals surface area contributed by atoms with Gasteiger partial charge >= 0.3 is 0 Å². The maximum atomic E-state index is 4.33. The van der Waals surface area contributed by atoms with Gasteiger partial charge in [0.25, 0.3) is 0 Å². The zero-order valence-electron chi connectivity index (χ0n) is 29.0. The average Bonchev–Trinajstić information content (AvgIpc) is 3.71. The Kier molecular flexibility index (Phi) is 7.86. The molecule has 0 saturated heterocycles. The molecule has 0 bridgehead atoms. The Balaban J connectivity index is 1.20. The SMILES string of the molecule is C=Cc1c(C=CC)c2cccc(C3C=Cc4c(c5ccccc5n4C4=CCCC(c5ccccc5)=C4)C3)c2n1-c1cccc(-c2ccccc2)c1. The van der Waals surface area contributed by atoms with Gasteiger partial charge in [0, 0.05) is 39.3 Å². The molecule has 0 saturated carbocycles. The maximum absolute atomic E-state index is 4.33. The molecule has 2 nitrogen and oxygen atoms in total. The number of allylic oxidation sites excluding steroid dienone is 6. The van der Waals surface area contributed by atoms with E-state index in [2.05, 4.69) is 186 Å². The molecule has 246 valence electrons. The zero-order chi connectivity index (χ0) is 34.3. The highest BCUT2D eigenvalue weighted by molar-refractivity contribution is 5.99. The van der Waals surface area contributed by atoms with Gasteiger partial charge in [0.1, 0.15) is 0 Å². The highest BCUT2D eigenvalue weighted by Crippen LogP contribution is 2.43. The number of fused-ring (bicyclic) bond motifs is 4. The molecular weight excluding hydrogens is 617 g/mol. The molecule has 2 aliphatic rings. The monoisotopic (exact) mass is 656 g/mol. The van der Waals surface area contributed by atoms with Gasteiger partial charge in [-0.3, -0.25) is 0 Å². The van der Waals surface area contributed by atoms with E-state index >= 15 is 0 Å². The topological polar surface area (TPSA) is 9.86 Å². The van der Waals surface area contributed by atoms with Crippen LogP contribution in [0.2, 0.25) is 0 Å². The lowest BCUT2D eigenvalue weighted by molar-refractivity contribution is 0.828. The minimum Gasteiger partial charge on any atom is -0.310 e. The van der Waals surface area contributed by atoms with E-state index in [1.165, 1.54) is 72.2 Å². The van der Waals surface area contributed by atoms with Crippen LogP contribution in [0.25, 0.3) is 68.1 Å². The van der Waals surface area contributed by atoms with E-state index < -0.39 is 0 Å². The Bertz CT molecular complexity index is 2570. The van der Waals surface area contributed by atoms with Gasteiger partial charge in [-0.05, 0) is 96.0 Å². The molecule has 0 amide bonds. The second-order valence-corrected chi connectivity index (χ2v) is 13.6. The summed E-state index contributed by atoms with van der Waals surface area (Å²) in [6.45, 7) is 6.43. The maximum Gasteiger partial charge on any atom is 0.0579 e. The van der Waals surface area contributed by atoms with Gasteiger partial charge in [-0.2, -0.15) is 0 Å². The first kappa shape index (κ1) is 30.9. The summed E-state index contributed by atoms with van der Waals surface area (Å²) in [5, 5.41) is 2.58. The summed E-state index contributed by atoms with van der Waals surface area (Å²) in [5.41, 5.74) is 16.4. The summed E-state index contributed by atoms with van der Waals surface area (Å²) in [7, 11) is 0. The molecule has 1 unspecified atom stereocenters. The average molecular weight is 657 g/mol. The third-order valence-electron chi connectivity index (χ3n) is 10.7. The van der Waals surface area contributed by atoms with E-state index in [9.17, 15) is 0 Å². The zero-order valence-corrected chi connectivity index (χ0v) is 29.0. The molecule has 5 aromatic carbocycles. The van der Waals surface area contributed by atoms with Crippen molar-refractivity contribution in [2.75, 3.05) is 0 Å². The Morgan fingerprint density at radius 1 is 0.725 bits per heavy atom. The summed E-state index contributed by atoms with van der Waals surface area (Å²) < 4.78 is 4.94. The van der Waals surface area contributed by atoms with Crippen molar-refractivity contribution < 1.29 is 0 Å². The van der Waals surface area contributed by atoms with Gasteiger partial charge in [-0.15, -0.1) is 0 Å². The number of hydrogen-bond donors (Lipinski definition) is 0. The summed E-state index contributed by atoms with van der Waals surface area (Å²) in [6, 6.07) is 46.2. The Labute approximate surface area is 300 Å². The number of rotatable bonds is 7. The minimum atomic E-state index is 0.207. The van der Waals surface area contributed by atoms with Gasteiger partial charge in [-0.1, -0.05) is 140 Å². The van der Waals surface area contributed by atoms with E-state index in [1.807, 2.05) is 6.08 Å². The number of benzene rings is 5. The van der Waals surface area contributed by atoms with Crippen LogP contribution in [-0.4, -0.2) is 9.13 Å². The second-order valence-electron chi connectivity index (χ2n) is 13.6. The lowest BCUT2D eigenvalue weighted by Gasteiger charge is -2.23. The molecule has 0 fully saturated rings. The van der Waals surface area contributed by atoms with Crippen LogP contribution in [0, 0.1) is 0 Å². The molecule has 0 N–H and O–H groups in total. The van der Waals surface area contributed by atoms with Crippen LogP contribution in [0.5, 0.6) is 0 Å². The van der Waals surface area contributed by atoms with E-state index in [4.69, 9.17) is 0 Å². The van der Waals surface area contributed by atoms with Crippen LogP contribution in [-0.2, 0) is 6.42 Å². The van der Waals surface area contributed by atoms with Crippen molar-refractivity contribution in [3.05, 3.63) is 192 Å². The first-order chi connectivity index (χ1) is 25.2. The van der Waals surface area contributed by atoms with Crippen LogP contribution in [0.4, 0.5) is 0 Å². The van der Waals surface area contributed by atoms with Crippen molar-refractivity contribution in [3.63, 3.8) is 0 Å². The molecule has 2 heteroatoms. The predicted octanol–water partition coefficient (Wildman–Crippen LogP) is 13.0. The molecule has 2 aliphatic carbocycles. The van der Waals surface area contributed by atoms with Crippen molar-refractivity contribution in [3.8, 4) is 16.8 Å². The third kappa shape index (κ3) is 5.27. The van der Waals surface area contributed by atoms with Crippen LogP contribution in [0.15, 0.2) is 158 Å². The van der Waals surface area contributed by atoms with E-state index in [1.54, 1.807) is 0 Å². The lowest BCUT2D eigenvalue weighted by atomic mass is 9.85. The highest BCUT2D eigenvalue weighted by atomic mass is 15.0. The minimum absolute atomic E-state index is 0.207. The van der Waals surface area contributed by atoms with Crippen LogP contribution >= 0.6 is 0 Å². The quantitative estimate of drug-likeness (QED) is 0.162. The van der Waals surface area contributed by atoms with Crippen molar-refractivity contribution >= 4 is 51.3 Å². The van der Waals surface area contributed by atoms with Crippen molar-refractivity contribution in [1.29, 1.82) is 0 Å². The molecule has 0 spiro atoms. The first-order valence-corrected chi connectivity index (χ1v) is 18.1. The second kappa shape index (κ2) is 13.0. The van der Waals surface area contributed by atoms with Gasteiger partial charge in [0.2, 0.25) is 0 Å². The largest absolute Gasteiger partial charge is 0.310 e. The van der Waals surface area contributed by atoms with Gasteiger partial charge < -0.3 is 9.13 Å². The number of aromatic nitrogens is 2. The fourth-order valence-electron chi connectivity index (χ4n) is 8.40. The molecule has 2 aromatic heterocycles. The van der Waals surface area contributed by atoms with Crippen molar-refractivity contribution in [2.24, 2.45) is 0 Å². The van der Waals surface area contributed by atoms with Gasteiger partial charge in [0.15, 0.2) is 0 Å². The molecule has 7 aromatic rings. The Morgan fingerprint density at radius 3 is 2.25 bits per heavy atom. The normalized spacial score (nSPS) is 15.7. The number of para-hydroxylation sites is 2. The molecular formula is C49H40N2. The number of nitrogens with zero attached hydrogens (tertiary/aromatic N) is 2. The van der Waals surface area contributed by atoms with Crippen LogP contribution in [0.1, 0.15) is 59.3 Å². The van der Waals surface area contributed by atoms with E-state index in [0.717, 1.165) is 30.6 Å². The molecule has 0 aliphatic heterocycles.